The Labute approximate surface area is 177 Å². The molecule has 0 bridgehead atoms. The molecule has 8 nitrogen and oxygen atoms in total. The van der Waals surface area contributed by atoms with Gasteiger partial charge in [0.2, 0.25) is 0 Å². The van der Waals surface area contributed by atoms with Crippen LogP contribution in [0, 0.1) is 0 Å². The topological polar surface area (TPSA) is 102 Å². The number of ether oxygens (including phenoxy) is 1. The average Bonchev–Trinajstić information content (AvgIpc) is 2.99. The molecule has 0 radical (unpaired) electrons. The molecule has 162 valence electrons. The number of nitrogens with zero attached hydrogens (tertiary/aromatic N) is 5. The third-order valence-electron chi connectivity index (χ3n) is 5.24. The van der Waals surface area contributed by atoms with Gasteiger partial charge in [-0.2, -0.15) is 15.0 Å². The van der Waals surface area contributed by atoms with Crippen molar-refractivity contribution in [1.82, 2.24) is 24.4 Å². The maximum Gasteiger partial charge on any atom is 0.320 e. The van der Waals surface area contributed by atoms with Gasteiger partial charge in [0.1, 0.15) is 0 Å². The van der Waals surface area contributed by atoms with Gasteiger partial charge in [-0.15, -0.1) is 0 Å². The molecule has 0 aliphatic heterocycles. The molecule has 2 heterocycles. The zero-order valence-corrected chi connectivity index (χ0v) is 18.5. The summed E-state index contributed by atoms with van der Waals surface area (Å²) in [5.41, 5.74) is 9.21. The summed E-state index contributed by atoms with van der Waals surface area (Å²) in [7, 11) is 2.12. The van der Waals surface area contributed by atoms with Crippen LogP contribution in [-0.4, -0.2) is 48.7 Å². The van der Waals surface area contributed by atoms with Crippen LogP contribution in [0.15, 0.2) is 24.3 Å². The molecule has 3 rings (SSSR count). The number of unbranched alkanes of at least 4 members (excludes halogenated alkanes) is 1. The van der Waals surface area contributed by atoms with E-state index in [0.29, 0.717) is 24.3 Å². The number of rotatable bonds is 8. The van der Waals surface area contributed by atoms with Crippen LogP contribution in [0.2, 0.25) is 0 Å². The molecule has 0 atom stereocenters. The van der Waals surface area contributed by atoms with Crippen molar-refractivity contribution < 1.29 is 9.84 Å². The standard InChI is InChI=1S/C22H32N6O2/c1-6-7-12-30-20-25-18(23)17-19(26-20)28(21(29)24-17)14-16-10-8-15(9-11-16)13-27(5)22(2,3)4/h8-11H,6-7,12-14H2,1-5H3,(H,24,29)(H2,23,25,26). The molecule has 0 aliphatic carbocycles. The van der Waals surface area contributed by atoms with Crippen molar-refractivity contribution >= 4 is 17.0 Å². The van der Waals surface area contributed by atoms with Gasteiger partial charge in [-0.25, -0.2) is 0 Å². The van der Waals surface area contributed by atoms with Gasteiger partial charge in [-0.1, -0.05) is 37.6 Å². The SMILES string of the molecule is CCCCOc1nc(N)c2nc(O)n(Cc3ccc(CN(C)C(C)(C)C)cc3)c2n1. The molecule has 2 aromatic heterocycles. The second-order valence-electron chi connectivity index (χ2n) is 8.61. The highest BCUT2D eigenvalue weighted by atomic mass is 16.5. The fraction of sp³-hybridized carbons (Fsp3) is 0.500. The second-order valence-corrected chi connectivity index (χ2v) is 8.61. The zero-order chi connectivity index (χ0) is 21.9. The summed E-state index contributed by atoms with van der Waals surface area (Å²) in [4.78, 5) is 15.0. The van der Waals surface area contributed by atoms with E-state index in [2.05, 4.69) is 78.9 Å². The lowest BCUT2D eigenvalue weighted by Crippen LogP contribution is -2.37. The van der Waals surface area contributed by atoms with Crippen LogP contribution in [0.3, 0.4) is 0 Å². The molecule has 0 saturated heterocycles. The first-order valence-corrected chi connectivity index (χ1v) is 10.3. The van der Waals surface area contributed by atoms with E-state index >= 15 is 0 Å². The van der Waals surface area contributed by atoms with Gasteiger partial charge >= 0.3 is 6.01 Å². The van der Waals surface area contributed by atoms with Gasteiger partial charge in [-0.3, -0.25) is 9.47 Å². The molecule has 8 heteroatoms. The highest BCUT2D eigenvalue weighted by Crippen LogP contribution is 2.26. The van der Waals surface area contributed by atoms with Gasteiger partial charge < -0.3 is 15.6 Å². The predicted molar refractivity (Wildman–Crippen MR) is 119 cm³/mol. The summed E-state index contributed by atoms with van der Waals surface area (Å²) >= 11 is 0. The van der Waals surface area contributed by atoms with E-state index in [-0.39, 0.29) is 23.4 Å². The molecule has 0 saturated carbocycles. The summed E-state index contributed by atoms with van der Waals surface area (Å²) < 4.78 is 7.22. The number of imidazole rings is 1. The Morgan fingerprint density at radius 1 is 1.10 bits per heavy atom. The first-order chi connectivity index (χ1) is 14.2. The summed E-state index contributed by atoms with van der Waals surface area (Å²) in [5.74, 6) is 0.195. The van der Waals surface area contributed by atoms with Crippen molar-refractivity contribution in [3.63, 3.8) is 0 Å². The number of fused-ring (bicyclic) bond motifs is 1. The van der Waals surface area contributed by atoms with E-state index in [1.807, 2.05) is 0 Å². The van der Waals surface area contributed by atoms with Crippen molar-refractivity contribution in [2.24, 2.45) is 0 Å². The van der Waals surface area contributed by atoms with E-state index < -0.39 is 0 Å². The summed E-state index contributed by atoms with van der Waals surface area (Å²) in [6.07, 6.45) is 1.92. The molecule has 0 aliphatic rings. The normalized spacial score (nSPS) is 12.1. The molecule has 1 aromatic carbocycles. The quantitative estimate of drug-likeness (QED) is 0.545. The minimum atomic E-state index is -0.145. The molecule has 3 N–H and O–H groups in total. The minimum Gasteiger partial charge on any atom is -0.480 e. The number of nitrogens with two attached hydrogens (primary N) is 1. The number of hydrogen-bond acceptors (Lipinski definition) is 7. The van der Waals surface area contributed by atoms with E-state index in [9.17, 15) is 5.11 Å². The smallest absolute Gasteiger partial charge is 0.320 e. The average molecular weight is 413 g/mol. The molecule has 0 spiro atoms. The van der Waals surface area contributed by atoms with Crippen LogP contribution in [0.4, 0.5) is 5.82 Å². The largest absolute Gasteiger partial charge is 0.480 e. The molecular formula is C22H32N6O2. The second kappa shape index (κ2) is 8.87. The van der Waals surface area contributed by atoms with Crippen LogP contribution >= 0.6 is 0 Å². The first kappa shape index (κ1) is 21.8. The number of nitrogen functional groups attached to an aromatic ring is 1. The summed E-state index contributed by atoms with van der Waals surface area (Å²) in [6, 6.07) is 8.39. The highest BCUT2D eigenvalue weighted by molar-refractivity contribution is 5.83. The van der Waals surface area contributed by atoms with Crippen LogP contribution in [0.25, 0.3) is 11.2 Å². The predicted octanol–water partition coefficient (Wildman–Crippen LogP) is 3.57. The lowest BCUT2D eigenvalue weighted by Gasteiger charge is -2.31. The fourth-order valence-corrected chi connectivity index (χ4v) is 2.95. The Bertz CT molecular complexity index is 992. The van der Waals surface area contributed by atoms with Crippen LogP contribution in [0.1, 0.15) is 51.7 Å². The monoisotopic (exact) mass is 412 g/mol. The van der Waals surface area contributed by atoms with Gasteiger partial charge in [-0.05, 0) is 45.4 Å². The Morgan fingerprint density at radius 2 is 1.77 bits per heavy atom. The molecule has 0 fully saturated rings. The zero-order valence-electron chi connectivity index (χ0n) is 18.5. The first-order valence-electron chi connectivity index (χ1n) is 10.3. The third kappa shape index (κ3) is 4.99. The highest BCUT2D eigenvalue weighted by Gasteiger charge is 2.18. The number of hydrogen-bond donors (Lipinski definition) is 2. The number of benzene rings is 1. The number of aromatic hydroxyl groups is 1. The van der Waals surface area contributed by atoms with E-state index in [0.717, 1.165) is 24.9 Å². The number of anilines is 1. The van der Waals surface area contributed by atoms with Gasteiger partial charge in [0.05, 0.1) is 13.2 Å². The third-order valence-corrected chi connectivity index (χ3v) is 5.24. The van der Waals surface area contributed by atoms with Crippen LogP contribution in [-0.2, 0) is 13.1 Å². The lowest BCUT2D eigenvalue weighted by atomic mass is 10.0. The van der Waals surface area contributed by atoms with Gasteiger partial charge in [0.25, 0.3) is 6.01 Å². The van der Waals surface area contributed by atoms with Crippen LogP contribution in [0.5, 0.6) is 12.0 Å². The number of aromatic nitrogens is 4. The van der Waals surface area contributed by atoms with Crippen molar-refractivity contribution in [2.45, 2.75) is 59.2 Å². The Morgan fingerprint density at radius 3 is 2.40 bits per heavy atom. The maximum atomic E-state index is 10.4. The summed E-state index contributed by atoms with van der Waals surface area (Å²) in [6.45, 7) is 10.5. The van der Waals surface area contributed by atoms with E-state index in [1.54, 1.807) is 4.57 Å². The van der Waals surface area contributed by atoms with Gasteiger partial charge in [0.15, 0.2) is 17.0 Å². The van der Waals surface area contributed by atoms with Crippen molar-refractivity contribution in [2.75, 3.05) is 19.4 Å². The van der Waals surface area contributed by atoms with Crippen LogP contribution < -0.4 is 10.5 Å². The van der Waals surface area contributed by atoms with E-state index in [4.69, 9.17) is 10.5 Å². The summed E-state index contributed by atoms with van der Waals surface area (Å²) in [5, 5.41) is 10.4. The molecule has 30 heavy (non-hydrogen) atoms. The van der Waals surface area contributed by atoms with Crippen molar-refractivity contribution in [1.29, 1.82) is 0 Å². The minimum absolute atomic E-state index is 0.108. The molecule has 0 unspecified atom stereocenters. The van der Waals surface area contributed by atoms with E-state index in [1.165, 1.54) is 5.56 Å². The Kier molecular flexibility index (Phi) is 6.45. The Hall–Kier alpha value is -2.87. The van der Waals surface area contributed by atoms with Gasteiger partial charge in [0, 0.05) is 12.1 Å². The van der Waals surface area contributed by atoms with Crippen molar-refractivity contribution in [3.05, 3.63) is 35.4 Å². The molecule has 3 aromatic rings. The van der Waals surface area contributed by atoms with Crippen molar-refractivity contribution in [3.8, 4) is 12.0 Å². The fourth-order valence-electron chi connectivity index (χ4n) is 2.95. The molecular weight excluding hydrogens is 380 g/mol. The Balaban J connectivity index is 1.82. The maximum absolute atomic E-state index is 10.4. The molecule has 0 amide bonds. The lowest BCUT2D eigenvalue weighted by molar-refractivity contribution is 0.167.